The molecule has 0 unspecified atom stereocenters. The smallest absolute Gasteiger partial charge is 0.410 e. The molecule has 1 amide bonds. The largest absolute Gasteiger partial charge is 0.444 e. The molecule has 0 saturated carbocycles. The van der Waals surface area contributed by atoms with Gasteiger partial charge in [-0.05, 0) is 33.6 Å². The van der Waals surface area contributed by atoms with Crippen molar-refractivity contribution < 1.29 is 19.6 Å². The minimum Gasteiger partial charge on any atom is -0.444 e. The van der Waals surface area contributed by atoms with Gasteiger partial charge in [-0.15, -0.1) is 0 Å². The first-order valence-corrected chi connectivity index (χ1v) is 6.00. The molecule has 0 radical (unpaired) electrons. The van der Waals surface area contributed by atoms with Gasteiger partial charge in [-0.1, -0.05) is 0 Å². The Hall–Kier alpha value is -1.37. The van der Waals surface area contributed by atoms with E-state index in [0.717, 1.165) is 6.42 Å². The minimum absolute atomic E-state index is 0.467. The van der Waals surface area contributed by atoms with Crippen LogP contribution in [0.1, 0.15) is 33.6 Å². The van der Waals surface area contributed by atoms with Crippen molar-refractivity contribution in [3.8, 4) is 0 Å². The number of carbonyl (C=O) groups is 1. The van der Waals surface area contributed by atoms with Crippen LogP contribution in [0.3, 0.4) is 0 Å². The third-order valence-electron chi connectivity index (χ3n) is 2.71. The number of ether oxygens (including phenoxy) is 1. The first-order chi connectivity index (χ1) is 8.20. The zero-order chi connectivity index (χ0) is 13.9. The Balaban J connectivity index is 2.64. The van der Waals surface area contributed by atoms with Gasteiger partial charge in [0, 0.05) is 11.5 Å². The Kier molecular flexibility index (Phi) is 4.50. The highest BCUT2D eigenvalue weighted by Gasteiger charge is 2.38. The van der Waals surface area contributed by atoms with Crippen LogP contribution in [0.5, 0.6) is 0 Å². The van der Waals surface area contributed by atoms with Gasteiger partial charge >= 0.3 is 6.09 Å². The van der Waals surface area contributed by atoms with Gasteiger partial charge in [0.2, 0.25) is 6.54 Å². The summed E-state index contributed by atoms with van der Waals surface area (Å²) in [5.74, 6) is 0. The van der Waals surface area contributed by atoms with Crippen molar-refractivity contribution in [3.05, 3.63) is 10.1 Å². The van der Waals surface area contributed by atoms with Crippen molar-refractivity contribution in [1.29, 1.82) is 0 Å². The van der Waals surface area contributed by atoms with Crippen molar-refractivity contribution >= 4 is 6.09 Å². The second-order valence-corrected chi connectivity index (χ2v) is 5.47. The molecule has 7 heteroatoms. The van der Waals surface area contributed by atoms with E-state index in [-0.39, 0.29) is 0 Å². The van der Waals surface area contributed by atoms with E-state index in [1.165, 1.54) is 4.90 Å². The van der Waals surface area contributed by atoms with Crippen molar-refractivity contribution in [2.24, 2.45) is 0 Å². The maximum Gasteiger partial charge on any atom is 0.410 e. The fourth-order valence-electron chi connectivity index (χ4n) is 2.01. The lowest BCUT2D eigenvalue weighted by Crippen LogP contribution is -2.47. The van der Waals surface area contributed by atoms with Crippen LogP contribution in [0.15, 0.2) is 0 Å². The summed E-state index contributed by atoms with van der Waals surface area (Å²) >= 11 is 0. The monoisotopic (exact) mass is 260 g/mol. The van der Waals surface area contributed by atoms with Crippen molar-refractivity contribution in [1.82, 2.24) is 4.90 Å². The molecule has 1 aliphatic heterocycles. The number of hydrogen-bond donors (Lipinski definition) is 1. The summed E-state index contributed by atoms with van der Waals surface area (Å²) in [6.07, 6.45) is -0.380. The number of aliphatic hydroxyl groups is 1. The zero-order valence-electron chi connectivity index (χ0n) is 11.0. The first-order valence-electron chi connectivity index (χ1n) is 6.00. The molecule has 1 aliphatic rings. The van der Waals surface area contributed by atoms with Gasteiger partial charge < -0.3 is 14.7 Å². The lowest BCUT2D eigenvalue weighted by atomic mass is 10.1. The van der Waals surface area contributed by atoms with Crippen LogP contribution in [0.2, 0.25) is 0 Å². The molecule has 0 aromatic carbocycles. The van der Waals surface area contributed by atoms with Crippen LogP contribution < -0.4 is 0 Å². The van der Waals surface area contributed by atoms with E-state index in [2.05, 4.69) is 0 Å². The topological polar surface area (TPSA) is 92.9 Å². The summed E-state index contributed by atoms with van der Waals surface area (Å²) in [6.45, 7) is 5.18. The minimum atomic E-state index is -1.14. The van der Waals surface area contributed by atoms with Crippen LogP contribution in [0, 0.1) is 10.1 Å². The lowest BCUT2D eigenvalue weighted by Gasteiger charge is -2.29. The number of nitro groups is 1. The molecule has 18 heavy (non-hydrogen) atoms. The molecule has 0 aliphatic carbocycles. The molecule has 104 valence electrons. The Labute approximate surface area is 106 Å². The van der Waals surface area contributed by atoms with E-state index in [4.69, 9.17) is 4.74 Å². The number of aliphatic hydroxyl groups excluding tert-OH is 1. The molecule has 1 N–H and O–H groups in total. The summed E-state index contributed by atoms with van der Waals surface area (Å²) in [5.41, 5.74) is -0.613. The van der Waals surface area contributed by atoms with E-state index in [9.17, 15) is 20.0 Å². The molecule has 1 fully saturated rings. The number of amides is 1. The number of rotatable bonds is 3. The molecule has 0 bridgehead atoms. The summed E-state index contributed by atoms with van der Waals surface area (Å²) in [7, 11) is 0. The van der Waals surface area contributed by atoms with Crippen LogP contribution in [-0.2, 0) is 4.74 Å². The fraction of sp³-hybridized carbons (Fsp3) is 0.909. The molecule has 0 aromatic rings. The molecule has 2 atom stereocenters. The van der Waals surface area contributed by atoms with Gasteiger partial charge in [-0.2, -0.15) is 0 Å². The summed E-state index contributed by atoms with van der Waals surface area (Å²) < 4.78 is 5.21. The highest BCUT2D eigenvalue weighted by molar-refractivity contribution is 5.69. The van der Waals surface area contributed by atoms with Crippen LogP contribution in [-0.4, -0.2) is 51.9 Å². The van der Waals surface area contributed by atoms with E-state index in [1.807, 2.05) is 0 Å². The molecule has 0 spiro atoms. The molecule has 7 nitrogen and oxygen atoms in total. The summed E-state index contributed by atoms with van der Waals surface area (Å²) in [6, 6.07) is -0.523. The Bertz CT molecular complexity index is 326. The van der Waals surface area contributed by atoms with Gasteiger partial charge in [0.05, 0.1) is 6.04 Å². The number of hydrogen-bond acceptors (Lipinski definition) is 5. The molecular formula is C11H20N2O5. The zero-order valence-corrected chi connectivity index (χ0v) is 11.0. The van der Waals surface area contributed by atoms with Crippen LogP contribution >= 0.6 is 0 Å². The molecule has 1 rings (SSSR count). The molecule has 0 aromatic heterocycles. The highest BCUT2D eigenvalue weighted by atomic mass is 16.6. The number of likely N-dealkylation sites (tertiary alicyclic amines) is 1. The Morgan fingerprint density at radius 2 is 2.22 bits per heavy atom. The van der Waals surface area contributed by atoms with E-state index in [1.54, 1.807) is 20.8 Å². The van der Waals surface area contributed by atoms with Crippen molar-refractivity contribution in [2.45, 2.75) is 51.4 Å². The molecule has 1 heterocycles. The normalized spacial score (nSPS) is 21.8. The first kappa shape index (κ1) is 14.7. The predicted molar refractivity (Wildman–Crippen MR) is 63.8 cm³/mol. The summed E-state index contributed by atoms with van der Waals surface area (Å²) in [4.78, 5) is 23.1. The second-order valence-electron chi connectivity index (χ2n) is 5.47. The fourth-order valence-corrected chi connectivity index (χ4v) is 2.01. The third kappa shape index (κ3) is 4.14. The second kappa shape index (κ2) is 5.51. The highest BCUT2D eigenvalue weighted by Crippen LogP contribution is 2.23. The van der Waals surface area contributed by atoms with E-state index >= 15 is 0 Å². The molecule has 1 saturated heterocycles. The van der Waals surface area contributed by atoms with Gasteiger partial charge in [0.1, 0.15) is 11.7 Å². The number of nitrogens with zero attached hydrogens (tertiary/aromatic N) is 2. The number of carbonyl (C=O) groups excluding carboxylic acids is 1. The van der Waals surface area contributed by atoms with Crippen molar-refractivity contribution in [2.75, 3.05) is 13.1 Å². The third-order valence-corrected chi connectivity index (χ3v) is 2.71. The molecular weight excluding hydrogens is 240 g/mol. The Morgan fingerprint density at radius 1 is 1.61 bits per heavy atom. The van der Waals surface area contributed by atoms with Gasteiger partial charge in [-0.25, -0.2) is 4.79 Å². The standard InChI is InChI=1S/C11H20N2O5/c1-11(2,3)18-10(15)12-6-4-5-8(12)9(14)7-13(16)17/h8-9,14H,4-7H2,1-3H3/t8-,9-/m0/s1. The Morgan fingerprint density at radius 3 is 2.72 bits per heavy atom. The van der Waals surface area contributed by atoms with Gasteiger partial charge in [-0.3, -0.25) is 10.1 Å². The van der Waals surface area contributed by atoms with E-state index < -0.39 is 35.3 Å². The average Bonchev–Trinajstić information content (AvgIpc) is 2.61. The predicted octanol–water partition coefficient (Wildman–Crippen LogP) is 1.02. The SMILES string of the molecule is CC(C)(C)OC(=O)N1CCC[C@H]1[C@@H](O)C[N+](=O)[O-]. The van der Waals surface area contributed by atoms with Crippen LogP contribution in [0.25, 0.3) is 0 Å². The maximum absolute atomic E-state index is 11.9. The average molecular weight is 260 g/mol. The van der Waals surface area contributed by atoms with E-state index in [0.29, 0.717) is 13.0 Å². The van der Waals surface area contributed by atoms with Crippen LogP contribution in [0.4, 0.5) is 4.79 Å². The summed E-state index contributed by atoms with van der Waals surface area (Å²) in [5, 5.41) is 20.1. The van der Waals surface area contributed by atoms with Crippen molar-refractivity contribution in [3.63, 3.8) is 0 Å². The van der Waals surface area contributed by atoms with Gasteiger partial charge in [0.15, 0.2) is 0 Å². The lowest BCUT2D eigenvalue weighted by molar-refractivity contribution is -0.491. The van der Waals surface area contributed by atoms with Gasteiger partial charge in [0.25, 0.3) is 0 Å². The maximum atomic E-state index is 11.9. The quantitative estimate of drug-likeness (QED) is 0.604.